The van der Waals surface area contributed by atoms with Gasteiger partial charge in [0.1, 0.15) is 0 Å². The SMILES string of the molecule is Cc1ccc([Si](=C2C=C[C-](C)C=C2)c2ccc(C)cc2)cc1. The van der Waals surface area contributed by atoms with E-state index in [1.165, 1.54) is 32.6 Å². The topological polar surface area (TPSA) is 0 Å². The van der Waals surface area contributed by atoms with E-state index in [9.17, 15) is 0 Å². The zero-order chi connectivity index (χ0) is 15.5. The quantitative estimate of drug-likeness (QED) is 0.589. The van der Waals surface area contributed by atoms with Gasteiger partial charge in [0.25, 0.3) is 0 Å². The van der Waals surface area contributed by atoms with Gasteiger partial charge in [-0.15, -0.1) is 5.17 Å². The van der Waals surface area contributed by atoms with Crippen molar-refractivity contribution in [3.05, 3.63) is 89.9 Å². The van der Waals surface area contributed by atoms with Crippen molar-refractivity contribution in [1.29, 1.82) is 0 Å². The lowest BCUT2D eigenvalue weighted by Crippen LogP contribution is -2.39. The number of benzene rings is 2. The lowest BCUT2D eigenvalue weighted by Gasteiger charge is -2.21. The second-order valence-corrected chi connectivity index (χ2v) is 8.46. The van der Waals surface area contributed by atoms with Crippen LogP contribution in [0.25, 0.3) is 0 Å². The highest BCUT2D eigenvalue weighted by atomic mass is 28.2. The number of hydrogen-bond donors (Lipinski definition) is 0. The van der Waals surface area contributed by atoms with Gasteiger partial charge in [-0.1, -0.05) is 66.6 Å². The minimum atomic E-state index is -0.927. The summed E-state index contributed by atoms with van der Waals surface area (Å²) in [7, 11) is -0.927. The van der Waals surface area contributed by atoms with E-state index < -0.39 is 8.41 Å². The molecule has 0 aromatic heterocycles. The first-order chi connectivity index (χ1) is 10.6. The normalized spacial score (nSPS) is 13.6. The fourth-order valence-electron chi connectivity index (χ4n) is 2.66. The predicted molar refractivity (Wildman–Crippen MR) is 99.6 cm³/mol. The molecular formula is C21H21Si-. The van der Waals surface area contributed by atoms with Crippen molar-refractivity contribution in [3.63, 3.8) is 0 Å². The van der Waals surface area contributed by atoms with E-state index in [1.807, 2.05) is 0 Å². The molecule has 0 fully saturated rings. The summed E-state index contributed by atoms with van der Waals surface area (Å²) in [5, 5.41) is 4.34. The molecule has 110 valence electrons. The van der Waals surface area contributed by atoms with Gasteiger partial charge in [-0.3, -0.25) is 0 Å². The molecule has 0 saturated heterocycles. The van der Waals surface area contributed by atoms with Gasteiger partial charge in [0.05, 0.1) is 8.41 Å². The second kappa shape index (κ2) is 6.33. The van der Waals surface area contributed by atoms with Crippen LogP contribution in [0.2, 0.25) is 0 Å². The van der Waals surface area contributed by atoms with E-state index in [4.69, 9.17) is 0 Å². The highest BCUT2D eigenvalue weighted by Crippen LogP contribution is 2.09. The third kappa shape index (κ3) is 3.20. The monoisotopic (exact) mass is 301 g/mol. The van der Waals surface area contributed by atoms with Crippen molar-refractivity contribution in [3.8, 4) is 0 Å². The largest absolute Gasteiger partial charge is 0.169 e. The molecule has 2 aromatic rings. The standard InChI is InChI=1S/C21H21Si/c1-16-4-10-19(11-5-16)22(20-12-6-17(2)7-13-20)21-14-8-18(3)9-15-21/h4-15H,1-3H3/q-1. The zero-order valence-corrected chi connectivity index (χ0v) is 14.4. The molecular weight excluding hydrogens is 280 g/mol. The molecule has 0 unspecified atom stereocenters. The van der Waals surface area contributed by atoms with Crippen molar-refractivity contribution >= 4 is 24.0 Å². The number of hydrogen-bond acceptors (Lipinski definition) is 0. The summed E-state index contributed by atoms with van der Waals surface area (Å²) >= 11 is 0. The Balaban J connectivity index is 2.16. The molecule has 1 heteroatoms. The molecule has 1 aliphatic carbocycles. The van der Waals surface area contributed by atoms with Crippen LogP contribution in [0, 0.1) is 19.8 Å². The minimum Gasteiger partial charge on any atom is -0.169 e. The van der Waals surface area contributed by atoms with Crippen LogP contribution in [0.15, 0.2) is 72.8 Å². The summed E-state index contributed by atoms with van der Waals surface area (Å²) in [4.78, 5) is 0. The molecule has 0 heterocycles. The lowest BCUT2D eigenvalue weighted by atomic mass is 10.1. The van der Waals surface area contributed by atoms with E-state index in [0.29, 0.717) is 0 Å². The van der Waals surface area contributed by atoms with Crippen LogP contribution in [-0.4, -0.2) is 13.6 Å². The molecule has 0 N–H and O–H groups in total. The van der Waals surface area contributed by atoms with E-state index in [0.717, 1.165) is 0 Å². The molecule has 0 atom stereocenters. The molecule has 0 saturated carbocycles. The summed E-state index contributed by atoms with van der Waals surface area (Å²) in [5.41, 5.74) is 2.64. The van der Waals surface area contributed by atoms with Gasteiger partial charge >= 0.3 is 0 Å². The summed E-state index contributed by atoms with van der Waals surface area (Å²) < 4.78 is 0. The smallest absolute Gasteiger partial charge is 0.0627 e. The molecule has 0 bridgehead atoms. The molecule has 3 rings (SSSR count). The van der Waals surface area contributed by atoms with E-state index in [1.54, 1.807) is 0 Å². The van der Waals surface area contributed by atoms with E-state index in [2.05, 4.69) is 93.6 Å². The average Bonchev–Trinajstić information content (AvgIpc) is 2.53. The van der Waals surface area contributed by atoms with Crippen LogP contribution in [0.3, 0.4) is 0 Å². The fourth-order valence-corrected chi connectivity index (χ4v) is 5.16. The third-order valence-corrected chi connectivity index (χ3v) is 6.75. The maximum atomic E-state index is 2.29. The first kappa shape index (κ1) is 14.8. The maximum Gasteiger partial charge on any atom is 0.0627 e. The molecule has 1 aliphatic rings. The molecule has 22 heavy (non-hydrogen) atoms. The van der Waals surface area contributed by atoms with Gasteiger partial charge in [-0.25, -0.2) is 0 Å². The molecule has 2 aromatic carbocycles. The van der Waals surface area contributed by atoms with Crippen molar-refractivity contribution in [2.75, 3.05) is 0 Å². The number of allylic oxidation sites excluding steroid dienone is 4. The first-order valence-corrected chi connectivity index (χ1v) is 9.21. The maximum absolute atomic E-state index is 2.29. The highest BCUT2D eigenvalue weighted by Gasteiger charge is 2.08. The van der Waals surface area contributed by atoms with E-state index in [-0.39, 0.29) is 0 Å². The van der Waals surface area contributed by atoms with Gasteiger partial charge in [0, 0.05) is 0 Å². The molecule has 0 spiro atoms. The first-order valence-electron chi connectivity index (χ1n) is 7.71. The Morgan fingerprint density at radius 1 is 0.682 bits per heavy atom. The van der Waals surface area contributed by atoms with Crippen molar-refractivity contribution < 1.29 is 0 Å². The molecule has 0 amide bonds. The van der Waals surface area contributed by atoms with E-state index >= 15 is 0 Å². The summed E-state index contributed by atoms with van der Waals surface area (Å²) in [6, 6.07) is 18.1. The Bertz CT molecular complexity index is 680. The van der Waals surface area contributed by atoms with Crippen molar-refractivity contribution in [2.45, 2.75) is 20.8 Å². The summed E-state index contributed by atoms with van der Waals surface area (Å²) in [5.74, 6) is 1.32. The number of rotatable bonds is 2. The van der Waals surface area contributed by atoms with Gasteiger partial charge in [0.2, 0.25) is 0 Å². The lowest BCUT2D eigenvalue weighted by molar-refractivity contribution is 1.33. The zero-order valence-electron chi connectivity index (χ0n) is 13.4. The van der Waals surface area contributed by atoms with Gasteiger partial charge < -0.3 is 0 Å². The summed E-state index contributed by atoms with van der Waals surface area (Å²) in [6.07, 6.45) is 9.04. The van der Waals surface area contributed by atoms with Gasteiger partial charge in [0.15, 0.2) is 0 Å². The Labute approximate surface area is 135 Å². The van der Waals surface area contributed by atoms with Crippen LogP contribution < -0.4 is 10.4 Å². The molecule has 0 nitrogen and oxygen atoms in total. The van der Waals surface area contributed by atoms with Crippen LogP contribution in [0.5, 0.6) is 0 Å². The minimum absolute atomic E-state index is 0.927. The Morgan fingerprint density at radius 2 is 1.09 bits per heavy atom. The summed E-state index contributed by atoms with van der Waals surface area (Å²) in [6.45, 7) is 6.44. The Morgan fingerprint density at radius 3 is 1.50 bits per heavy atom. The van der Waals surface area contributed by atoms with Crippen molar-refractivity contribution in [1.82, 2.24) is 0 Å². The van der Waals surface area contributed by atoms with Crippen molar-refractivity contribution in [2.24, 2.45) is 0 Å². The molecule has 0 aliphatic heterocycles. The fraction of sp³-hybridized carbons (Fsp3) is 0.143. The Hall–Kier alpha value is -2.12. The molecule has 0 radical (unpaired) electrons. The van der Waals surface area contributed by atoms with Crippen LogP contribution in [0.1, 0.15) is 18.1 Å². The number of aryl methyl sites for hydroxylation is 2. The van der Waals surface area contributed by atoms with Crippen LogP contribution >= 0.6 is 0 Å². The Kier molecular flexibility index (Phi) is 4.26. The average molecular weight is 301 g/mol. The highest BCUT2D eigenvalue weighted by molar-refractivity contribution is 6.94. The third-order valence-electron chi connectivity index (χ3n) is 4.02. The van der Waals surface area contributed by atoms with Gasteiger partial charge in [-0.05, 0) is 24.2 Å². The van der Waals surface area contributed by atoms with Crippen LogP contribution in [0.4, 0.5) is 0 Å². The van der Waals surface area contributed by atoms with Gasteiger partial charge in [-0.2, -0.15) is 30.2 Å². The predicted octanol–water partition coefficient (Wildman–Crippen LogP) is 3.39. The second-order valence-electron chi connectivity index (χ2n) is 5.97. The van der Waals surface area contributed by atoms with Crippen LogP contribution in [-0.2, 0) is 0 Å².